The fraction of sp³-hybridized carbons (Fsp3) is 0.320. The van der Waals surface area contributed by atoms with Crippen molar-refractivity contribution >= 4 is 34.5 Å². The third kappa shape index (κ3) is 5.24. The summed E-state index contributed by atoms with van der Waals surface area (Å²) in [6.45, 7) is 5.93. The van der Waals surface area contributed by atoms with Crippen molar-refractivity contribution in [2.75, 3.05) is 26.9 Å². The standard InChI is InChI=1S/C25H27ClN4O3S/c1-4-32-20-11-9-17(10-12-20)23-28-24(33-29-23)21-16(2)30(13-6-14-31-3)25(34)27-22(21)18-7-5-8-19(26)15-18/h5,7-12,15,22H,4,6,13-14H2,1-3H3,(H,27,34). The summed E-state index contributed by atoms with van der Waals surface area (Å²) in [5.74, 6) is 1.73. The molecule has 4 rings (SSSR count). The number of rotatable bonds is 9. The van der Waals surface area contributed by atoms with Gasteiger partial charge in [-0.3, -0.25) is 0 Å². The fourth-order valence-corrected chi connectivity index (χ4v) is 4.49. The lowest BCUT2D eigenvalue weighted by Crippen LogP contribution is -2.46. The Hall–Kier alpha value is -2.94. The van der Waals surface area contributed by atoms with Crippen molar-refractivity contribution in [1.29, 1.82) is 0 Å². The van der Waals surface area contributed by atoms with E-state index in [9.17, 15) is 0 Å². The Morgan fingerprint density at radius 3 is 2.71 bits per heavy atom. The highest BCUT2D eigenvalue weighted by Crippen LogP contribution is 2.38. The molecule has 0 bridgehead atoms. The maximum Gasteiger partial charge on any atom is 0.258 e. The van der Waals surface area contributed by atoms with E-state index in [0.29, 0.717) is 41.6 Å². The molecule has 0 amide bonds. The summed E-state index contributed by atoms with van der Waals surface area (Å²) < 4.78 is 16.5. The largest absolute Gasteiger partial charge is 0.494 e. The Labute approximate surface area is 209 Å². The Morgan fingerprint density at radius 1 is 1.21 bits per heavy atom. The molecule has 1 aromatic heterocycles. The summed E-state index contributed by atoms with van der Waals surface area (Å²) >= 11 is 12.0. The van der Waals surface area contributed by atoms with Crippen molar-refractivity contribution in [3.05, 3.63) is 70.7 Å². The molecule has 3 aromatic rings. The quantitative estimate of drug-likeness (QED) is 0.307. The van der Waals surface area contributed by atoms with Gasteiger partial charge < -0.3 is 24.2 Å². The van der Waals surface area contributed by atoms with Crippen molar-refractivity contribution < 1.29 is 14.0 Å². The third-order valence-corrected chi connectivity index (χ3v) is 6.16. The Morgan fingerprint density at radius 2 is 2.00 bits per heavy atom. The van der Waals surface area contributed by atoms with Crippen LogP contribution in [0.5, 0.6) is 5.75 Å². The lowest BCUT2D eigenvalue weighted by atomic mass is 9.94. The number of benzene rings is 2. The van der Waals surface area contributed by atoms with Gasteiger partial charge in [0.1, 0.15) is 5.75 Å². The van der Waals surface area contributed by atoms with Crippen LogP contribution in [0.4, 0.5) is 0 Å². The molecule has 2 heterocycles. The van der Waals surface area contributed by atoms with Gasteiger partial charge in [0.2, 0.25) is 5.82 Å². The molecule has 0 fully saturated rings. The summed E-state index contributed by atoms with van der Waals surface area (Å²) in [7, 11) is 1.69. The van der Waals surface area contributed by atoms with Crippen LogP contribution in [0.15, 0.2) is 58.8 Å². The van der Waals surface area contributed by atoms with Crippen molar-refractivity contribution in [2.45, 2.75) is 26.3 Å². The first-order chi connectivity index (χ1) is 16.5. The average molecular weight is 499 g/mol. The Bertz CT molecular complexity index is 1180. The Kier molecular flexibility index (Phi) is 7.82. The molecule has 1 aliphatic rings. The molecule has 1 N–H and O–H groups in total. The normalized spacial score (nSPS) is 16.1. The molecule has 0 saturated carbocycles. The fourth-order valence-electron chi connectivity index (χ4n) is 3.95. The van der Waals surface area contributed by atoms with Crippen LogP contribution < -0.4 is 10.1 Å². The van der Waals surface area contributed by atoms with E-state index in [-0.39, 0.29) is 6.04 Å². The SMILES string of the molecule is CCOc1ccc(-c2noc(C3=C(C)N(CCCOC)C(=S)NC3c3cccc(Cl)c3)n2)cc1. The molecule has 1 atom stereocenters. The van der Waals surface area contributed by atoms with Gasteiger partial charge in [0.15, 0.2) is 5.11 Å². The minimum Gasteiger partial charge on any atom is -0.494 e. The van der Waals surface area contributed by atoms with Gasteiger partial charge in [0.25, 0.3) is 5.89 Å². The molecule has 1 unspecified atom stereocenters. The zero-order chi connectivity index (χ0) is 24.1. The molecular formula is C25H27ClN4O3S. The zero-order valence-corrected chi connectivity index (χ0v) is 20.9. The molecule has 0 spiro atoms. The summed E-state index contributed by atoms with van der Waals surface area (Å²) in [6, 6.07) is 15.0. The second-order valence-corrected chi connectivity index (χ2v) is 8.64. The minimum absolute atomic E-state index is 0.279. The van der Waals surface area contributed by atoms with Crippen LogP contribution in [0, 0.1) is 0 Å². The molecule has 0 saturated heterocycles. The summed E-state index contributed by atoms with van der Waals surface area (Å²) in [4.78, 5) is 6.79. The monoisotopic (exact) mass is 498 g/mol. The molecule has 178 valence electrons. The number of methoxy groups -OCH3 is 1. The van der Waals surface area contributed by atoms with Crippen LogP contribution in [-0.4, -0.2) is 47.0 Å². The second kappa shape index (κ2) is 11.0. The van der Waals surface area contributed by atoms with Crippen LogP contribution in [0.25, 0.3) is 17.0 Å². The van der Waals surface area contributed by atoms with Gasteiger partial charge in [-0.05, 0) is 74.4 Å². The highest BCUT2D eigenvalue weighted by molar-refractivity contribution is 7.80. The van der Waals surface area contributed by atoms with E-state index in [1.165, 1.54) is 0 Å². The molecule has 2 aromatic carbocycles. The number of hydrogen-bond donors (Lipinski definition) is 1. The molecule has 0 aliphatic carbocycles. The molecule has 34 heavy (non-hydrogen) atoms. The second-order valence-electron chi connectivity index (χ2n) is 7.82. The van der Waals surface area contributed by atoms with Gasteiger partial charge in [-0.1, -0.05) is 28.9 Å². The van der Waals surface area contributed by atoms with Crippen LogP contribution in [0.1, 0.15) is 37.8 Å². The number of halogens is 1. The molecule has 1 aliphatic heterocycles. The highest BCUT2D eigenvalue weighted by Gasteiger charge is 2.34. The number of nitrogens with one attached hydrogen (secondary N) is 1. The summed E-state index contributed by atoms with van der Waals surface area (Å²) in [6.07, 6.45) is 0.825. The topological polar surface area (TPSA) is 72.7 Å². The van der Waals surface area contributed by atoms with Crippen LogP contribution in [-0.2, 0) is 4.74 Å². The maximum absolute atomic E-state index is 6.30. The van der Waals surface area contributed by atoms with Crippen LogP contribution in [0.3, 0.4) is 0 Å². The zero-order valence-electron chi connectivity index (χ0n) is 19.4. The van der Waals surface area contributed by atoms with Crippen molar-refractivity contribution in [3.8, 4) is 17.1 Å². The number of aromatic nitrogens is 2. The van der Waals surface area contributed by atoms with Crippen molar-refractivity contribution in [2.24, 2.45) is 0 Å². The lowest BCUT2D eigenvalue weighted by molar-refractivity contribution is 0.188. The van der Waals surface area contributed by atoms with Crippen molar-refractivity contribution in [1.82, 2.24) is 20.4 Å². The molecule has 7 nitrogen and oxygen atoms in total. The third-order valence-electron chi connectivity index (χ3n) is 5.59. The minimum atomic E-state index is -0.279. The average Bonchev–Trinajstić information content (AvgIpc) is 3.31. The molecular weight excluding hydrogens is 472 g/mol. The smallest absolute Gasteiger partial charge is 0.258 e. The lowest BCUT2D eigenvalue weighted by Gasteiger charge is -2.37. The van der Waals surface area contributed by atoms with E-state index in [1.54, 1.807) is 7.11 Å². The van der Waals surface area contributed by atoms with Crippen LogP contribution >= 0.6 is 23.8 Å². The van der Waals surface area contributed by atoms with Crippen LogP contribution in [0.2, 0.25) is 5.02 Å². The van der Waals surface area contributed by atoms with E-state index in [0.717, 1.165) is 34.6 Å². The first-order valence-corrected chi connectivity index (χ1v) is 11.9. The van der Waals surface area contributed by atoms with Gasteiger partial charge in [0, 0.05) is 36.5 Å². The predicted molar refractivity (Wildman–Crippen MR) is 137 cm³/mol. The van der Waals surface area contributed by atoms with E-state index < -0.39 is 0 Å². The molecule has 9 heteroatoms. The number of ether oxygens (including phenoxy) is 2. The first-order valence-electron chi connectivity index (χ1n) is 11.1. The van der Waals surface area contributed by atoms with Gasteiger partial charge in [-0.2, -0.15) is 4.98 Å². The van der Waals surface area contributed by atoms with E-state index in [1.807, 2.05) is 67.3 Å². The maximum atomic E-state index is 6.30. The van der Waals surface area contributed by atoms with Gasteiger partial charge in [-0.15, -0.1) is 0 Å². The highest BCUT2D eigenvalue weighted by atomic mass is 35.5. The number of nitrogens with zero attached hydrogens (tertiary/aromatic N) is 3. The van der Waals surface area contributed by atoms with E-state index >= 15 is 0 Å². The van der Waals surface area contributed by atoms with Gasteiger partial charge in [-0.25, -0.2) is 0 Å². The van der Waals surface area contributed by atoms with E-state index in [2.05, 4.69) is 10.5 Å². The number of thiocarbonyl (C=S) groups is 1. The predicted octanol–water partition coefficient (Wildman–Crippen LogP) is 5.49. The number of allylic oxidation sites excluding steroid dienone is 1. The number of hydrogen-bond acceptors (Lipinski definition) is 6. The summed E-state index contributed by atoms with van der Waals surface area (Å²) in [5, 5.41) is 8.97. The first kappa shape index (κ1) is 24.2. The van der Waals surface area contributed by atoms with E-state index in [4.69, 9.17) is 42.8 Å². The Balaban J connectivity index is 1.73. The van der Waals surface area contributed by atoms with Crippen molar-refractivity contribution in [3.63, 3.8) is 0 Å². The van der Waals surface area contributed by atoms with Gasteiger partial charge in [0.05, 0.1) is 18.2 Å². The molecule has 0 radical (unpaired) electrons. The van der Waals surface area contributed by atoms with Gasteiger partial charge >= 0.3 is 0 Å². The summed E-state index contributed by atoms with van der Waals surface area (Å²) in [5.41, 5.74) is 3.61.